The zero-order valence-corrected chi connectivity index (χ0v) is 14.8. The van der Waals surface area contributed by atoms with Crippen LogP contribution >= 0.6 is 0 Å². The fraction of sp³-hybridized carbons (Fsp3) is 0.550. The highest BCUT2D eigenvalue weighted by molar-refractivity contribution is 5.67. The van der Waals surface area contributed by atoms with Crippen molar-refractivity contribution in [3.05, 3.63) is 34.9 Å². The van der Waals surface area contributed by atoms with E-state index in [4.69, 9.17) is 15.6 Å². The lowest BCUT2D eigenvalue weighted by molar-refractivity contribution is -0.136. The van der Waals surface area contributed by atoms with Crippen molar-refractivity contribution in [1.82, 2.24) is 0 Å². The number of ether oxygens (including phenoxy) is 1. The van der Waals surface area contributed by atoms with Crippen LogP contribution in [0.25, 0.3) is 0 Å². The van der Waals surface area contributed by atoms with Crippen LogP contribution in [0.15, 0.2) is 29.3 Å². The Morgan fingerprint density at radius 3 is 2.65 bits per heavy atom. The Balaban J connectivity index is 1.66. The molecule has 1 saturated carbocycles. The number of rotatable bonds is 7. The molecule has 3 rings (SSSR count). The van der Waals surface area contributed by atoms with E-state index >= 15 is 0 Å². The molecule has 1 fully saturated rings. The van der Waals surface area contributed by atoms with Gasteiger partial charge >= 0.3 is 5.97 Å². The number of carboxylic acids is 1. The molecule has 6 heteroatoms. The molecular formula is C20H25F2NO3. The molecule has 0 atom stereocenters. The highest BCUT2D eigenvalue weighted by atomic mass is 19.3. The maximum Gasteiger partial charge on any atom is 0.303 e. The summed E-state index contributed by atoms with van der Waals surface area (Å²) in [6, 6.07) is 5.10. The van der Waals surface area contributed by atoms with Crippen LogP contribution < -0.4 is 10.5 Å². The molecular weight excluding hydrogens is 340 g/mol. The maximum atomic E-state index is 13.9. The molecule has 2 aliphatic carbocycles. The summed E-state index contributed by atoms with van der Waals surface area (Å²) in [5.74, 6) is -2.73. The Kier molecular flexibility index (Phi) is 5.49. The van der Waals surface area contributed by atoms with Crippen molar-refractivity contribution in [2.24, 2.45) is 5.92 Å². The number of carboxylic acid groups (broad SMARTS) is 1. The van der Waals surface area contributed by atoms with Crippen molar-refractivity contribution in [3.8, 4) is 5.75 Å². The van der Waals surface area contributed by atoms with E-state index in [1.54, 1.807) is 18.2 Å². The molecule has 1 aromatic carbocycles. The number of hydrogen-bond donors (Lipinski definition) is 2. The van der Waals surface area contributed by atoms with Crippen LogP contribution in [0.4, 0.5) is 14.5 Å². The van der Waals surface area contributed by atoms with E-state index in [2.05, 4.69) is 0 Å². The number of anilines is 1. The zero-order valence-electron chi connectivity index (χ0n) is 14.8. The van der Waals surface area contributed by atoms with Crippen LogP contribution in [-0.2, 0) is 11.2 Å². The lowest BCUT2D eigenvalue weighted by Gasteiger charge is -2.15. The summed E-state index contributed by atoms with van der Waals surface area (Å²) in [6.45, 7) is 0.162. The molecule has 2 aliphatic rings. The molecule has 26 heavy (non-hydrogen) atoms. The number of nitrogen functional groups attached to an aromatic ring is 1. The second-order valence-electron chi connectivity index (χ2n) is 7.36. The number of allylic oxidation sites excluding steroid dienone is 1. The minimum atomic E-state index is -2.66. The molecule has 0 spiro atoms. The van der Waals surface area contributed by atoms with Gasteiger partial charge < -0.3 is 15.6 Å². The number of halogens is 2. The Bertz CT molecular complexity index is 709. The van der Waals surface area contributed by atoms with Gasteiger partial charge in [0.05, 0.1) is 0 Å². The SMILES string of the molecule is Nc1cc(OCC2=C(C3CCCC3)CC(F)(F)C2)ccc1CCC(=O)O. The van der Waals surface area contributed by atoms with Gasteiger partial charge in [0, 0.05) is 31.0 Å². The van der Waals surface area contributed by atoms with Crippen LogP contribution in [0.3, 0.4) is 0 Å². The molecule has 0 amide bonds. The molecule has 0 saturated heterocycles. The van der Waals surface area contributed by atoms with Gasteiger partial charge in [-0.1, -0.05) is 24.5 Å². The first kappa shape index (κ1) is 18.7. The van der Waals surface area contributed by atoms with E-state index < -0.39 is 11.9 Å². The third-order valence-electron chi connectivity index (χ3n) is 5.36. The molecule has 0 bridgehead atoms. The highest BCUT2D eigenvalue weighted by Gasteiger charge is 2.41. The first-order valence-corrected chi connectivity index (χ1v) is 9.16. The van der Waals surface area contributed by atoms with Crippen LogP contribution in [-0.4, -0.2) is 23.6 Å². The molecule has 0 radical (unpaired) electrons. The van der Waals surface area contributed by atoms with Crippen LogP contribution in [0.5, 0.6) is 5.75 Å². The molecule has 0 heterocycles. The lowest BCUT2D eigenvalue weighted by atomic mass is 9.94. The molecule has 0 aliphatic heterocycles. The normalized spacial score (nSPS) is 19.9. The zero-order chi connectivity index (χ0) is 18.7. The molecule has 0 aromatic heterocycles. The summed E-state index contributed by atoms with van der Waals surface area (Å²) in [7, 11) is 0. The van der Waals surface area contributed by atoms with Crippen molar-refractivity contribution < 1.29 is 23.4 Å². The summed E-state index contributed by atoms with van der Waals surface area (Å²) in [4.78, 5) is 10.7. The average Bonchev–Trinajstić information content (AvgIpc) is 3.19. The van der Waals surface area contributed by atoms with Crippen LogP contribution in [0.1, 0.15) is 50.5 Å². The molecule has 0 unspecified atom stereocenters. The van der Waals surface area contributed by atoms with Gasteiger partial charge in [0.15, 0.2) is 0 Å². The second kappa shape index (κ2) is 7.64. The summed E-state index contributed by atoms with van der Waals surface area (Å²) in [5, 5.41) is 8.75. The summed E-state index contributed by atoms with van der Waals surface area (Å²) < 4.78 is 33.6. The second-order valence-corrected chi connectivity index (χ2v) is 7.36. The number of aliphatic carboxylic acids is 1. The fourth-order valence-corrected chi connectivity index (χ4v) is 4.05. The molecule has 1 aromatic rings. The van der Waals surface area contributed by atoms with Crippen molar-refractivity contribution in [3.63, 3.8) is 0 Å². The predicted molar refractivity (Wildman–Crippen MR) is 95.5 cm³/mol. The average molecular weight is 365 g/mol. The van der Waals surface area contributed by atoms with E-state index in [0.29, 0.717) is 17.9 Å². The molecule has 4 nitrogen and oxygen atoms in total. The van der Waals surface area contributed by atoms with E-state index in [-0.39, 0.29) is 31.8 Å². The monoisotopic (exact) mass is 365 g/mol. The number of carbonyl (C=O) groups is 1. The van der Waals surface area contributed by atoms with Gasteiger partial charge in [-0.05, 0) is 42.4 Å². The van der Waals surface area contributed by atoms with E-state index in [9.17, 15) is 13.6 Å². The van der Waals surface area contributed by atoms with E-state index in [0.717, 1.165) is 42.4 Å². The number of aryl methyl sites for hydroxylation is 1. The van der Waals surface area contributed by atoms with Crippen molar-refractivity contribution >= 4 is 11.7 Å². The standard InChI is InChI=1S/C20H25F2NO3/c21-20(22)10-15(17(11-20)13-3-1-2-4-13)12-26-16-7-5-14(18(23)9-16)6-8-19(24)25/h5,7,9,13H,1-4,6,8,10-12,23H2,(H,24,25). The largest absolute Gasteiger partial charge is 0.489 e. The number of nitrogens with two attached hydrogens (primary N) is 1. The first-order valence-electron chi connectivity index (χ1n) is 9.16. The number of hydrogen-bond acceptors (Lipinski definition) is 3. The van der Waals surface area contributed by atoms with Crippen molar-refractivity contribution in [2.45, 2.75) is 57.3 Å². The number of alkyl halides is 2. The van der Waals surface area contributed by atoms with Gasteiger partial charge in [0.25, 0.3) is 5.92 Å². The summed E-state index contributed by atoms with van der Waals surface area (Å²) in [5.41, 5.74) is 8.80. The Hall–Kier alpha value is -2.11. The third-order valence-corrected chi connectivity index (χ3v) is 5.36. The summed E-state index contributed by atoms with van der Waals surface area (Å²) in [6.07, 6.45) is 4.24. The fourth-order valence-electron chi connectivity index (χ4n) is 4.05. The molecule has 3 N–H and O–H groups in total. The Morgan fingerprint density at radius 1 is 1.27 bits per heavy atom. The van der Waals surface area contributed by atoms with Gasteiger partial charge in [-0.2, -0.15) is 0 Å². The van der Waals surface area contributed by atoms with E-state index in [1.807, 2.05) is 0 Å². The van der Waals surface area contributed by atoms with Crippen LogP contribution in [0, 0.1) is 5.92 Å². The van der Waals surface area contributed by atoms with Gasteiger partial charge in [-0.25, -0.2) is 8.78 Å². The van der Waals surface area contributed by atoms with Gasteiger partial charge in [0.2, 0.25) is 0 Å². The van der Waals surface area contributed by atoms with Gasteiger partial charge in [-0.3, -0.25) is 4.79 Å². The van der Waals surface area contributed by atoms with Gasteiger partial charge in [0.1, 0.15) is 12.4 Å². The highest BCUT2D eigenvalue weighted by Crippen LogP contribution is 2.46. The first-order chi connectivity index (χ1) is 12.3. The smallest absolute Gasteiger partial charge is 0.303 e. The minimum Gasteiger partial charge on any atom is -0.489 e. The lowest BCUT2D eigenvalue weighted by Crippen LogP contribution is -2.12. The minimum absolute atomic E-state index is 0.0110. The predicted octanol–water partition coefficient (Wildman–Crippen LogP) is 4.58. The maximum absolute atomic E-state index is 13.9. The Morgan fingerprint density at radius 2 is 2.00 bits per heavy atom. The number of benzene rings is 1. The quantitative estimate of drug-likeness (QED) is 0.548. The van der Waals surface area contributed by atoms with Gasteiger partial charge in [-0.15, -0.1) is 0 Å². The van der Waals surface area contributed by atoms with Crippen molar-refractivity contribution in [1.29, 1.82) is 0 Å². The topological polar surface area (TPSA) is 72.5 Å². The third kappa shape index (κ3) is 4.54. The van der Waals surface area contributed by atoms with Crippen molar-refractivity contribution in [2.75, 3.05) is 12.3 Å². The van der Waals surface area contributed by atoms with E-state index in [1.165, 1.54) is 0 Å². The summed E-state index contributed by atoms with van der Waals surface area (Å²) >= 11 is 0. The molecule has 142 valence electrons. The van der Waals surface area contributed by atoms with Crippen LogP contribution in [0.2, 0.25) is 0 Å². The Labute approximate surface area is 152 Å².